The molecule has 31 heavy (non-hydrogen) atoms. The molecule has 1 saturated heterocycles. The Hall–Kier alpha value is -3.79. The van der Waals surface area contributed by atoms with Crippen molar-refractivity contribution in [2.24, 2.45) is 0 Å². The molecule has 4 aromatic rings. The molecule has 158 valence electrons. The number of hydrogen-bond acceptors (Lipinski definition) is 8. The van der Waals surface area contributed by atoms with Crippen LogP contribution < -0.4 is 10.2 Å². The maximum Gasteiger partial charge on any atom is 0.261 e. The maximum absolute atomic E-state index is 12.6. The minimum Gasteiger partial charge on any atom is -0.378 e. The third-order valence-electron chi connectivity index (χ3n) is 5.18. The lowest BCUT2D eigenvalue weighted by molar-refractivity contribution is 0.0949. The highest BCUT2D eigenvalue weighted by Crippen LogP contribution is 2.22. The molecular weight excluding hydrogens is 398 g/mol. The van der Waals surface area contributed by atoms with E-state index in [9.17, 15) is 4.79 Å². The summed E-state index contributed by atoms with van der Waals surface area (Å²) < 4.78 is 12.4. The molecule has 1 aromatic carbocycles. The summed E-state index contributed by atoms with van der Waals surface area (Å²) in [5, 5.41) is 15.2. The summed E-state index contributed by atoms with van der Waals surface area (Å²) in [4.78, 5) is 19.1. The summed E-state index contributed by atoms with van der Waals surface area (Å²) in [6, 6.07) is 11.3. The number of rotatable bonds is 5. The molecular formula is C21H21N7O3. The van der Waals surface area contributed by atoms with Crippen molar-refractivity contribution in [3.05, 3.63) is 59.8 Å². The summed E-state index contributed by atoms with van der Waals surface area (Å²) in [5.41, 5.74) is 2.96. The van der Waals surface area contributed by atoms with Crippen LogP contribution >= 0.6 is 0 Å². The summed E-state index contributed by atoms with van der Waals surface area (Å²) in [5.74, 6) is 1.36. The first-order valence-electron chi connectivity index (χ1n) is 10.0. The minimum absolute atomic E-state index is 0.172. The number of ether oxygens (including phenoxy) is 1. The molecule has 1 fully saturated rings. The van der Waals surface area contributed by atoms with E-state index in [0.29, 0.717) is 34.3 Å². The molecule has 0 unspecified atom stereocenters. The van der Waals surface area contributed by atoms with E-state index in [1.807, 2.05) is 42.6 Å². The standard InChI is InChI=1S/C21H21N7O3/c1-14-23-21(31-26-14)17-3-2-8-28-18(24-25-19(17)28)13-22-20(29)15-4-6-16(7-5-15)27-9-11-30-12-10-27/h2-8H,9-13H2,1H3,(H,22,29). The molecule has 1 aliphatic rings. The molecule has 4 heterocycles. The molecule has 0 saturated carbocycles. The van der Waals surface area contributed by atoms with Gasteiger partial charge in [-0.2, -0.15) is 4.98 Å². The monoisotopic (exact) mass is 419 g/mol. The topological polar surface area (TPSA) is 111 Å². The summed E-state index contributed by atoms with van der Waals surface area (Å²) >= 11 is 0. The first-order chi connectivity index (χ1) is 15.2. The van der Waals surface area contributed by atoms with E-state index < -0.39 is 0 Å². The van der Waals surface area contributed by atoms with E-state index in [-0.39, 0.29) is 12.5 Å². The van der Waals surface area contributed by atoms with Crippen LogP contribution in [0.1, 0.15) is 22.0 Å². The first kappa shape index (κ1) is 19.2. The van der Waals surface area contributed by atoms with Crippen LogP contribution in [0.25, 0.3) is 17.1 Å². The van der Waals surface area contributed by atoms with Gasteiger partial charge in [0.15, 0.2) is 17.3 Å². The van der Waals surface area contributed by atoms with Crippen molar-refractivity contribution in [1.82, 2.24) is 30.1 Å². The molecule has 0 atom stereocenters. The van der Waals surface area contributed by atoms with Gasteiger partial charge in [0.1, 0.15) is 0 Å². The number of nitrogens with one attached hydrogen (secondary N) is 1. The van der Waals surface area contributed by atoms with Crippen molar-refractivity contribution in [2.75, 3.05) is 31.2 Å². The van der Waals surface area contributed by atoms with Gasteiger partial charge >= 0.3 is 0 Å². The van der Waals surface area contributed by atoms with Crippen LogP contribution in [0.4, 0.5) is 5.69 Å². The molecule has 0 radical (unpaired) electrons. The zero-order chi connectivity index (χ0) is 21.2. The highest BCUT2D eigenvalue weighted by atomic mass is 16.5. The number of anilines is 1. The Morgan fingerprint density at radius 1 is 1.13 bits per heavy atom. The SMILES string of the molecule is Cc1noc(-c2cccn3c(CNC(=O)c4ccc(N5CCOCC5)cc4)nnc23)n1. The van der Waals surface area contributed by atoms with Crippen LogP contribution in [0.5, 0.6) is 0 Å². The van der Waals surface area contributed by atoms with E-state index >= 15 is 0 Å². The van der Waals surface area contributed by atoms with Gasteiger partial charge in [-0.3, -0.25) is 9.20 Å². The Bertz CT molecular complexity index is 1210. The number of amides is 1. The molecule has 0 spiro atoms. The molecule has 0 aliphatic carbocycles. The van der Waals surface area contributed by atoms with Crippen LogP contribution in [-0.4, -0.2) is 56.9 Å². The lowest BCUT2D eigenvalue weighted by Crippen LogP contribution is -2.36. The van der Waals surface area contributed by atoms with Gasteiger partial charge in [0.2, 0.25) is 0 Å². The van der Waals surface area contributed by atoms with Crippen LogP contribution in [0.3, 0.4) is 0 Å². The molecule has 10 nitrogen and oxygen atoms in total. The average Bonchev–Trinajstić information content (AvgIpc) is 3.44. The normalized spacial score (nSPS) is 14.2. The molecule has 5 rings (SSSR count). The van der Waals surface area contributed by atoms with Crippen molar-refractivity contribution < 1.29 is 14.1 Å². The van der Waals surface area contributed by atoms with Crippen LogP contribution in [0, 0.1) is 6.92 Å². The van der Waals surface area contributed by atoms with Gasteiger partial charge in [-0.05, 0) is 43.3 Å². The van der Waals surface area contributed by atoms with Gasteiger partial charge in [-0.25, -0.2) is 0 Å². The van der Waals surface area contributed by atoms with E-state index in [1.54, 1.807) is 11.3 Å². The third kappa shape index (κ3) is 3.84. The number of pyridine rings is 1. The number of carbonyl (C=O) groups excluding carboxylic acids is 1. The second-order valence-corrected chi connectivity index (χ2v) is 7.21. The Morgan fingerprint density at radius 2 is 1.94 bits per heavy atom. The Kier molecular flexibility index (Phi) is 5.04. The number of hydrogen-bond donors (Lipinski definition) is 1. The molecule has 1 N–H and O–H groups in total. The quantitative estimate of drug-likeness (QED) is 0.522. The number of nitrogens with zero attached hydrogens (tertiary/aromatic N) is 6. The van der Waals surface area contributed by atoms with Crippen LogP contribution in [0.15, 0.2) is 47.1 Å². The first-order valence-corrected chi connectivity index (χ1v) is 10.0. The third-order valence-corrected chi connectivity index (χ3v) is 5.18. The highest BCUT2D eigenvalue weighted by molar-refractivity contribution is 5.94. The molecule has 3 aromatic heterocycles. The maximum atomic E-state index is 12.6. The molecule has 1 aliphatic heterocycles. The predicted molar refractivity (Wildman–Crippen MR) is 112 cm³/mol. The minimum atomic E-state index is -0.172. The fourth-order valence-electron chi connectivity index (χ4n) is 3.56. The smallest absolute Gasteiger partial charge is 0.261 e. The average molecular weight is 419 g/mol. The van der Waals surface area contributed by atoms with E-state index in [0.717, 1.165) is 32.0 Å². The van der Waals surface area contributed by atoms with Gasteiger partial charge in [0.25, 0.3) is 11.8 Å². The van der Waals surface area contributed by atoms with Crippen molar-refractivity contribution in [1.29, 1.82) is 0 Å². The van der Waals surface area contributed by atoms with Crippen LogP contribution in [0.2, 0.25) is 0 Å². The van der Waals surface area contributed by atoms with E-state index in [4.69, 9.17) is 9.26 Å². The predicted octanol–water partition coefficient (Wildman–Crippen LogP) is 1.85. The Labute approximate surface area is 177 Å². The number of fused-ring (bicyclic) bond motifs is 1. The Morgan fingerprint density at radius 3 is 2.68 bits per heavy atom. The van der Waals surface area contributed by atoms with E-state index in [1.165, 1.54) is 0 Å². The van der Waals surface area contributed by atoms with Gasteiger partial charge in [0.05, 0.1) is 25.3 Å². The Balaban J connectivity index is 1.29. The largest absolute Gasteiger partial charge is 0.378 e. The van der Waals surface area contributed by atoms with Gasteiger partial charge in [-0.15, -0.1) is 10.2 Å². The number of benzene rings is 1. The second kappa shape index (κ2) is 8.15. The lowest BCUT2D eigenvalue weighted by Gasteiger charge is -2.28. The number of morpholine rings is 1. The van der Waals surface area contributed by atoms with E-state index in [2.05, 4.69) is 30.6 Å². The van der Waals surface area contributed by atoms with Crippen molar-refractivity contribution >= 4 is 17.2 Å². The van der Waals surface area contributed by atoms with Crippen LogP contribution in [-0.2, 0) is 11.3 Å². The fraction of sp³-hybridized carbons (Fsp3) is 0.286. The zero-order valence-corrected chi connectivity index (χ0v) is 17.0. The van der Waals surface area contributed by atoms with Gasteiger partial charge in [-0.1, -0.05) is 5.16 Å². The molecule has 0 bridgehead atoms. The lowest BCUT2D eigenvalue weighted by atomic mass is 10.1. The summed E-state index contributed by atoms with van der Waals surface area (Å²) in [7, 11) is 0. The number of carbonyl (C=O) groups is 1. The second-order valence-electron chi connectivity index (χ2n) is 7.21. The van der Waals surface area contributed by atoms with Crippen molar-refractivity contribution in [2.45, 2.75) is 13.5 Å². The molecule has 1 amide bonds. The molecule has 10 heteroatoms. The summed E-state index contributed by atoms with van der Waals surface area (Å²) in [6.07, 6.45) is 1.83. The van der Waals surface area contributed by atoms with Gasteiger partial charge < -0.3 is 19.5 Å². The number of aryl methyl sites for hydroxylation is 1. The van der Waals surface area contributed by atoms with Crippen molar-refractivity contribution in [3.63, 3.8) is 0 Å². The summed E-state index contributed by atoms with van der Waals surface area (Å²) in [6.45, 7) is 5.15. The van der Waals surface area contributed by atoms with Crippen molar-refractivity contribution in [3.8, 4) is 11.5 Å². The van der Waals surface area contributed by atoms with Gasteiger partial charge in [0, 0.05) is 30.5 Å². The number of aromatic nitrogens is 5. The fourth-order valence-corrected chi connectivity index (χ4v) is 3.56. The highest BCUT2D eigenvalue weighted by Gasteiger charge is 2.16. The zero-order valence-electron chi connectivity index (χ0n) is 17.0.